The van der Waals surface area contributed by atoms with Gasteiger partial charge in [0.15, 0.2) is 0 Å². The van der Waals surface area contributed by atoms with E-state index in [4.69, 9.17) is 9.47 Å². The summed E-state index contributed by atoms with van der Waals surface area (Å²) in [5.74, 6) is -0.197. The van der Waals surface area contributed by atoms with Crippen molar-refractivity contribution in [3.8, 4) is 0 Å². The molecule has 0 aromatic carbocycles. The van der Waals surface area contributed by atoms with E-state index in [-0.39, 0.29) is 12.6 Å². The van der Waals surface area contributed by atoms with Gasteiger partial charge in [-0.15, -0.1) is 0 Å². The number of aliphatic hydroxyl groups is 1. The number of aliphatic hydroxyl groups excluding tert-OH is 1. The number of unbranched alkanes of at least 4 members (excludes halogenated alkanes) is 30. The summed E-state index contributed by atoms with van der Waals surface area (Å²) < 4.78 is 11.0. The molecule has 0 saturated carbocycles. The number of esters is 1. The normalized spacial score (nSPS) is 12.2. The van der Waals surface area contributed by atoms with Crippen LogP contribution in [0.4, 0.5) is 0 Å². The smallest absolute Gasteiger partial charge is 0.306 e. The minimum atomic E-state index is -0.522. The van der Waals surface area contributed by atoms with E-state index in [9.17, 15) is 9.90 Å². The molecule has 4 nitrogen and oxygen atoms in total. The fourth-order valence-corrected chi connectivity index (χ4v) is 6.15. The van der Waals surface area contributed by atoms with Gasteiger partial charge < -0.3 is 14.6 Å². The van der Waals surface area contributed by atoms with Crippen molar-refractivity contribution < 1.29 is 19.4 Å². The summed E-state index contributed by atoms with van der Waals surface area (Å²) in [6.45, 7) is 5.36. The molecule has 1 N–H and O–H groups in total. The van der Waals surface area contributed by atoms with Gasteiger partial charge >= 0.3 is 5.97 Å². The summed E-state index contributed by atoms with van der Waals surface area (Å²) in [5.41, 5.74) is 0. The molecule has 1 unspecified atom stereocenters. The predicted octanol–water partition coefficient (Wildman–Crippen LogP) is 12.8. The molecule has 4 heteroatoms. The molecule has 44 heavy (non-hydrogen) atoms. The highest BCUT2D eigenvalue weighted by molar-refractivity contribution is 5.69. The highest BCUT2D eigenvalue weighted by atomic mass is 16.6. The fraction of sp³-hybridized carbons (Fsp3) is 0.975. The van der Waals surface area contributed by atoms with Crippen LogP contribution in [0.2, 0.25) is 0 Å². The molecule has 0 saturated heterocycles. The molecule has 0 fully saturated rings. The number of hydrogen-bond donors (Lipinski definition) is 1. The van der Waals surface area contributed by atoms with Crippen LogP contribution in [-0.4, -0.2) is 37.0 Å². The molecule has 0 radical (unpaired) electrons. The predicted molar refractivity (Wildman–Crippen MR) is 191 cm³/mol. The van der Waals surface area contributed by atoms with E-state index in [2.05, 4.69) is 13.8 Å². The summed E-state index contributed by atoms with van der Waals surface area (Å²) in [4.78, 5) is 12.1. The Balaban J connectivity index is 3.29. The summed E-state index contributed by atoms with van der Waals surface area (Å²) >= 11 is 0. The van der Waals surface area contributed by atoms with Gasteiger partial charge in [0.25, 0.3) is 0 Å². The van der Waals surface area contributed by atoms with Crippen molar-refractivity contribution in [1.29, 1.82) is 0 Å². The van der Waals surface area contributed by atoms with Gasteiger partial charge in [0.1, 0.15) is 6.10 Å². The third-order valence-corrected chi connectivity index (χ3v) is 9.18. The first-order valence-corrected chi connectivity index (χ1v) is 20.1. The highest BCUT2D eigenvalue weighted by Crippen LogP contribution is 2.16. The molecule has 0 aromatic heterocycles. The average Bonchev–Trinajstić information content (AvgIpc) is 3.03. The van der Waals surface area contributed by atoms with Gasteiger partial charge in [-0.1, -0.05) is 206 Å². The molecule has 1 atom stereocenters. The minimum Gasteiger partial charge on any atom is -0.457 e. The molecule has 0 spiro atoms. The van der Waals surface area contributed by atoms with E-state index in [1.165, 1.54) is 186 Å². The maximum Gasteiger partial charge on any atom is 0.306 e. The Morgan fingerprint density at radius 2 is 0.750 bits per heavy atom. The summed E-state index contributed by atoms with van der Waals surface area (Å²) in [6.07, 6.45) is 43.2. The summed E-state index contributed by atoms with van der Waals surface area (Å²) in [6, 6.07) is 0. The molecule has 0 aromatic rings. The molecule has 0 heterocycles. The zero-order valence-corrected chi connectivity index (χ0v) is 30.2. The van der Waals surface area contributed by atoms with Crippen LogP contribution < -0.4 is 0 Å². The topological polar surface area (TPSA) is 55.8 Å². The monoisotopic (exact) mass is 625 g/mol. The van der Waals surface area contributed by atoms with Crippen LogP contribution in [0.5, 0.6) is 0 Å². The van der Waals surface area contributed by atoms with E-state index in [1.54, 1.807) is 0 Å². The second-order valence-electron chi connectivity index (χ2n) is 13.7. The van der Waals surface area contributed by atoms with Crippen LogP contribution in [0.3, 0.4) is 0 Å². The fourth-order valence-electron chi connectivity index (χ4n) is 6.15. The first-order chi connectivity index (χ1) is 21.7. The average molecular weight is 625 g/mol. The second-order valence-corrected chi connectivity index (χ2v) is 13.7. The Kier molecular flexibility index (Phi) is 38.0. The van der Waals surface area contributed by atoms with E-state index < -0.39 is 6.10 Å². The Morgan fingerprint density at radius 3 is 1.07 bits per heavy atom. The number of carbonyl (C=O) groups excluding carboxylic acids is 1. The van der Waals surface area contributed by atoms with Crippen LogP contribution in [0.1, 0.15) is 226 Å². The molecule has 0 aliphatic rings. The third kappa shape index (κ3) is 35.9. The summed E-state index contributed by atoms with van der Waals surface area (Å²) in [5, 5.41) is 9.51. The maximum absolute atomic E-state index is 12.1. The van der Waals surface area contributed by atoms with Crippen LogP contribution in [0.15, 0.2) is 0 Å². The molecule has 0 bridgehead atoms. The number of rotatable bonds is 38. The number of carbonyl (C=O) groups is 1. The first-order valence-electron chi connectivity index (χ1n) is 20.1. The lowest BCUT2D eigenvalue weighted by molar-refractivity contribution is -0.154. The molecule has 0 aliphatic heterocycles. The van der Waals surface area contributed by atoms with E-state index in [1.807, 2.05) is 0 Å². The lowest BCUT2D eigenvalue weighted by Crippen LogP contribution is -2.27. The van der Waals surface area contributed by atoms with Gasteiger partial charge in [-0.2, -0.15) is 0 Å². The van der Waals surface area contributed by atoms with Gasteiger partial charge in [-0.05, 0) is 12.8 Å². The highest BCUT2D eigenvalue weighted by Gasteiger charge is 2.13. The van der Waals surface area contributed by atoms with Crippen molar-refractivity contribution in [2.24, 2.45) is 0 Å². The number of hydrogen-bond acceptors (Lipinski definition) is 4. The van der Waals surface area contributed by atoms with Gasteiger partial charge in [-0.25, -0.2) is 0 Å². The molecule has 264 valence electrons. The van der Waals surface area contributed by atoms with Crippen molar-refractivity contribution in [3.05, 3.63) is 0 Å². The van der Waals surface area contributed by atoms with Crippen molar-refractivity contribution in [1.82, 2.24) is 0 Å². The molecule has 0 amide bonds. The van der Waals surface area contributed by atoms with Gasteiger partial charge in [0, 0.05) is 13.0 Å². The van der Waals surface area contributed by atoms with Crippen molar-refractivity contribution in [2.75, 3.05) is 19.8 Å². The third-order valence-electron chi connectivity index (χ3n) is 9.18. The zero-order valence-electron chi connectivity index (χ0n) is 30.2. The van der Waals surface area contributed by atoms with Crippen molar-refractivity contribution >= 4 is 5.97 Å². The molecular formula is C40H80O4. The van der Waals surface area contributed by atoms with Crippen LogP contribution in [0, 0.1) is 0 Å². The molecule has 0 aliphatic carbocycles. The van der Waals surface area contributed by atoms with Crippen molar-refractivity contribution in [2.45, 2.75) is 232 Å². The molecular weight excluding hydrogens is 544 g/mol. The van der Waals surface area contributed by atoms with Gasteiger partial charge in [0.05, 0.1) is 13.2 Å². The van der Waals surface area contributed by atoms with Crippen LogP contribution >= 0.6 is 0 Å². The molecule has 0 rings (SSSR count). The van der Waals surface area contributed by atoms with E-state index >= 15 is 0 Å². The van der Waals surface area contributed by atoms with Crippen LogP contribution in [0.25, 0.3) is 0 Å². The van der Waals surface area contributed by atoms with E-state index in [0.717, 1.165) is 19.3 Å². The maximum atomic E-state index is 12.1. The Labute approximate surface area is 276 Å². The second kappa shape index (κ2) is 38.6. The van der Waals surface area contributed by atoms with Crippen molar-refractivity contribution in [3.63, 3.8) is 0 Å². The minimum absolute atomic E-state index is 0.164. The number of ether oxygens (including phenoxy) is 2. The Bertz CT molecular complexity index is 537. The lowest BCUT2D eigenvalue weighted by atomic mass is 10.0. The van der Waals surface area contributed by atoms with Crippen LogP contribution in [-0.2, 0) is 14.3 Å². The van der Waals surface area contributed by atoms with Gasteiger partial charge in [0.2, 0.25) is 0 Å². The zero-order chi connectivity index (χ0) is 32.0. The SMILES string of the molecule is CCCCCCCCCCCCCCCCCCCCCCCCCCCC(=O)OC(CO)COCCCCCCCCC. The first kappa shape index (κ1) is 43.4. The van der Waals surface area contributed by atoms with E-state index in [0.29, 0.717) is 19.6 Å². The summed E-state index contributed by atoms with van der Waals surface area (Å²) in [7, 11) is 0. The van der Waals surface area contributed by atoms with Gasteiger partial charge in [-0.3, -0.25) is 4.79 Å². The lowest BCUT2D eigenvalue weighted by Gasteiger charge is -2.15. The Morgan fingerprint density at radius 1 is 0.455 bits per heavy atom. The Hall–Kier alpha value is -0.610. The quantitative estimate of drug-likeness (QED) is 0.0548. The standard InChI is InChI=1S/C40H80O4/c1-3-5-7-9-11-12-13-14-15-16-17-18-19-20-21-22-23-24-25-26-27-28-29-31-33-35-40(42)44-39(37-41)38-43-36-34-32-30-10-8-6-4-2/h39,41H,3-38H2,1-2H3. The largest absolute Gasteiger partial charge is 0.457 e.